The minimum Gasteiger partial charge on any atom is -0.491 e. The van der Waals surface area contributed by atoms with Crippen molar-refractivity contribution in [2.75, 3.05) is 6.61 Å². The number of halogens is 1. The Morgan fingerprint density at radius 3 is 2.54 bits per heavy atom. The lowest BCUT2D eigenvalue weighted by Gasteiger charge is -2.12. The lowest BCUT2D eigenvalue weighted by molar-refractivity contribution is 0.290. The van der Waals surface area contributed by atoms with E-state index in [-0.39, 0.29) is 18.5 Å². The van der Waals surface area contributed by atoms with Crippen LogP contribution in [0.5, 0.6) is 5.75 Å². The van der Waals surface area contributed by atoms with E-state index in [1.165, 1.54) is 4.57 Å². The van der Waals surface area contributed by atoms with E-state index in [9.17, 15) is 9.59 Å². The monoisotopic (exact) mass is 367 g/mol. The van der Waals surface area contributed by atoms with Crippen LogP contribution in [0.3, 0.4) is 0 Å². The van der Waals surface area contributed by atoms with E-state index in [4.69, 9.17) is 20.8 Å². The minimum absolute atomic E-state index is 0.200. The maximum Gasteiger partial charge on any atom is 0.422 e. The summed E-state index contributed by atoms with van der Waals surface area (Å²) < 4.78 is 12.0. The van der Waals surface area contributed by atoms with Crippen LogP contribution in [-0.2, 0) is 6.54 Å². The van der Waals surface area contributed by atoms with Gasteiger partial charge in [-0.1, -0.05) is 54.1 Å². The molecule has 0 unspecified atom stereocenters. The summed E-state index contributed by atoms with van der Waals surface area (Å²) in [5, 5.41) is 2.64. The summed E-state index contributed by atoms with van der Waals surface area (Å²) in [5.74, 6) is -0.0268. The number of rotatable bonds is 4. The van der Waals surface area contributed by atoms with Gasteiger partial charge in [0.25, 0.3) is 0 Å². The molecule has 0 atom stereocenters. The first kappa shape index (κ1) is 16.4. The molecule has 0 saturated carbocycles. The van der Waals surface area contributed by atoms with Crippen LogP contribution in [0.15, 0.2) is 74.7 Å². The third-order valence-corrected chi connectivity index (χ3v) is 4.50. The van der Waals surface area contributed by atoms with Gasteiger partial charge in [-0.15, -0.1) is 0 Å². The van der Waals surface area contributed by atoms with Crippen molar-refractivity contribution >= 4 is 33.3 Å². The van der Waals surface area contributed by atoms with Crippen LogP contribution < -0.4 is 16.1 Å². The van der Waals surface area contributed by atoms with E-state index in [2.05, 4.69) is 0 Å². The summed E-state index contributed by atoms with van der Waals surface area (Å²) >= 11 is 6.20. The second kappa shape index (κ2) is 6.69. The number of nitrogens with zero attached hydrogens (tertiary/aromatic N) is 1. The molecular weight excluding hydrogens is 354 g/mol. The van der Waals surface area contributed by atoms with E-state index >= 15 is 0 Å². The topological polar surface area (TPSA) is 61.4 Å². The molecule has 0 N–H and O–H groups in total. The second-order valence-corrected chi connectivity index (χ2v) is 6.18. The first-order chi connectivity index (χ1) is 12.6. The molecule has 130 valence electrons. The average Bonchev–Trinajstić information content (AvgIpc) is 2.65. The highest BCUT2D eigenvalue weighted by molar-refractivity contribution is 6.35. The molecule has 0 aliphatic carbocycles. The molecule has 3 aromatic carbocycles. The molecule has 0 saturated heterocycles. The summed E-state index contributed by atoms with van der Waals surface area (Å²) in [5.41, 5.74) is -0.337. The Morgan fingerprint density at radius 1 is 0.923 bits per heavy atom. The Kier molecular flexibility index (Phi) is 4.22. The van der Waals surface area contributed by atoms with Gasteiger partial charge in [-0.2, -0.15) is 0 Å². The summed E-state index contributed by atoms with van der Waals surface area (Å²) in [7, 11) is 0. The number of ether oxygens (including phenoxy) is 1. The SMILES string of the molecule is O=c1oc(=O)n(CCOc2cccc3ccccc23)c2c(Cl)cccc12. The highest BCUT2D eigenvalue weighted by atomic mass is 35.5. The molecule has 0 radical (unpaired) electrons. The third-order valence-electron chi connectivity index (χ3n) is 4.20. The number of hydrogen-bond acceptors (Lipinski definition) is 4. The molecule has 6 heteroatoms. The van der Waals surface area contributed by atoms with Gasteiger partial charge in [-0.3, -0.25) is 4.57 Å². The Morgan fingerprint density at radius 2 is 1.65 bits per heavy atom. The van der Waals surface area contributed by atoms with Crippen LogP contribution in [0.2, 0.25) is 5.02 Å². The van der Waals surface area contributed by atoms with Crippen LogP contribution >= 0.6 is 11.6 Å². The predicted octanol–water partition coefficient (Wildman–Crippen LogP) is 3.84. The van der Waals surface area contributed by atoms with Crippen LogP contribution in [0.25, 0.3) is 21.7 Å². The molecule has 0 aliphatic heterocycles. The highest BCUT2D eigenvalue weighted by Gasteiger charge is 2.12. The van der Waals surface area contributed by atoms with Gasteiger partial charge >= 0.3 is 11.4 Å². The van der Waals surface area contributed by atoms with Crippen LogP contribution in [0.4, 0.5) is 0 Å². The summed E-state index contributed by atoms with van der Waals surface area (Å²) in [6, 6.07) is 18.5. The lowest BCUT2D eigenvalue weighted by atomic mass is 10.1. The van der Waals surface area contributed by atoms with Gasteiger partial charge in [0.05, 0.1) is 22.5 Å². The van der Waals surface area contributed by atoms with Gasteiger partial charge in [0.15, 0.2) is 0 Å². The summed E-state index contributed by atoms with van der Waals surface area (Å²) in [6.07, 6.45) is 0. The molecule has 5 nitrogen and oxygen atoms in total. The van der Waals surface area contributed by atoms with Crippen molar-refractivity contribution in [2.24, 2.45) is 0 Å². The smallest absolute Gasteiger partial charge is 0.422 e. The molecule has 4 aromatic rings. The third kappa shape index (κ3) is 2.86. The van der Waals surface area contributed by atoms with E-state index in [0.29, 0.717) is 10.5 Å². The lowest BCUT2D eigenvalue weighted by Crippen LogP contribution is -2.27. The standard InChI is InChI=1S/C20H14ClNO4/c21-16-9-4-8-15-18(16)22(20(24)26-19(15)23)11-12-25-17-10-3-6-13-5-1-2-7-14(13)17/h1-10H,11-12H2. The minimum atomic E-state index is -0.753. The van der Waals surface area contributed by atoms with Gasteiger partial charge in [-0.25, -0.2) is 9.59 Å². The van der Waals surface area contributed by atoms with Crippen molar-refractivity contribution in [2.45, 2.75) is 6.54 Å². The number of para-hydroxylation sites is 1. The summed E-state index contributed by atoms with van der Waals surface area (Å²) in [6.45, 7) is 0.425. The van der Waals surface area contributed by atoms with Gasteiger partial charge < -0.3 is 9.15 Å². The number of aromatic nitrogens is 1. The van der Waals surface area contributed by atoms with Crippen molar-refractivity contribution in [1.82, 2.24) is 4.57 Å². The maximum atomic E-state index is 12.1. The Bertz CT molecular complexity index is 1220. The first-order valence-electron chi connectivity index (χ1n) is 8.08. The van der Waals surface area contributed by atoms with E-state index in [1.807, 2.05) is 42.5 Å². The van der Waals surface area contributed by atoms with Crippen molar-refractivity contribution in [1.29, 1.82) is 0 Å². The average molecular weight is 368 g/mol. The zero-order valence-corrected chi connectivity index (χ0v) is 14.4. The Balaban J connectivity index is 1.67. The summed E-state index contributed by atoms with van der Waals surface area (Å²) in [4.78, 5) is 24.0. The fourth-order valence-corrected chi connectivity index (χ4v) is 3.28. The normalized spacial score (nSPS) is 11.1. The fraction of sp³-hybridized carbons (Fsp3) is 0.100. The molecule has 4 rings (SSSR count). The van der Waals surface area contributed by atoms with Crippen LogP contribution in [0, 0.1) is 0 Å². The fourth-order valence-electron chi connectivity index (χ4n) is 3.01. The number of hydrogen-bond donors (Lipinski definition) is 0. The zero-order chi connectivity index (χ0) is 18.1. The van der Waals surface area contributed by atoms with E-state index in [1.54, 1.807) is 18.2 Å². The molecule has 26 heavy (non-hydrogen) atoms. The largest absolute Gasteiger partial charge is 0.491 e. The van der Waals surface area contributed by atoms with Gasteiger partial charge in [0, 0.05) is 5.39 Å². The van der Waals surface area contributed by atoms with Gasteiger partial charge in [-0.05, 0) is 23.6 Å². The highest BCUT2D eigenvalue weighted by Crippen LogP contribution is 2.25. The van der Waals surface area contributed by atoms with Crippen molar-refractivity contribution in [3.8, 4) is 5.75 Å². The van der Waals surface area contributed by atoms with Crippen molar-refractivity contribution in [3.05, 3.63) is 86.7 Å². The number of fused-ring (bicyclic) bond motifs is 2. The van der Waals surface area contributed by atoms with E-state index < -0.39 is 11.4 Å². The van der Waals surface area contributed by atoms with Gasteiger partial charge in [0.1, 0.15) is 12.4 Å². The second-order valence-electron chi connectivity index (χ2n) is 5.77. The Labute approximate surface area is 153 Å². The zero-order valence-electron chi connectivity index (χ0n) is 13.6. The van der Waals surface area contributed by atoms with Crippen molar-refractivity contribution in [3.63, 3.8) is 0 Å². The molecule has 1 heterocycles. The Hall–Kier alpha value is -3.05. The molecule has 0 spiro atoms. The molecule has 1 aromatic heterocycles. The first-order valence-corrected chi connectivity index (χ1v) is 8.46. The maximum absolute atomic E-state index is 12.1. The quantitative estimate of drug-likeness (QED) is 0.550. The predicted molar refractivity (Wildman–Crippen MR) is 101 cm³/mol. The van der Waals surface area contributed by atoms with Crippen molar-refractivity contribution < 1.29 is 9.15 Å². The molecule has 0 aliphatic rings. The molecular formula is C20H14ClNO4. The molecule has 0 amide bonds. The van der Waals surface area contributed by atoms with Crippen LogP contribution in [-0.4, -0.2) is 11.2 Å². The van der Waals surface area contributed by atoms with Gasteiger partial charge in [0.2, 0.25) is 0 Å². The van der Waals surface area contributed by atoms with Crippen LogP contribution in [0.1, 0.15) is 0 Å². The van der Waals surface area contributed by atoms with E-state index in [0.717, 1.165) is 16.5 Å². The molecule has 0 fully saturated rings. The number of benzene rings is 3. The molecule has 0 bridgehead atoms.